The summed E-state index contributed by atoms with van der Waals surface area (Å²) in [6, 6.07) is 19.1. The molecule has 4 rings (SSSR count). The molecule has 136 valence electrons. The summed E-state index contributed by atoms with van der Waals surface area (Å²) in [5.41, 5.74) is 4.72. The van der Waals surface area contributed by atoms with E-state index in [0.29, 0.717) is 28.1 Å². The van der Waals surface area contributed by atoms with Crippen molar-refractivity contribution in [3.63, 3.8) is 0 Å². The quantitative estimate of drug-likeness (QED) is 0.670. The van der Waals surface area contributed by atoms with Crippen molar-refractivity contribution in [1.29, 1.82) is 5.26 Å². The Morgan fingerprint density at radius 2 is 1.82 bits per heavy atom. The zero-order valence-electron chi connectivity index (χ0n) is 15.0. The molecule has 4 nitrogen and oxygen atoms in total. The molecule has 28 heavy (non-hydrogen) atoms. The predicted molar refractivity (Wildman–Crippen MR) is 106 cm³/mol. The van der Waals surface area contributed by atoms with Crippen molar-refractivity contribution in [2.24, 2.45) is 0 Å². The molecule has 3 aromatic carbocycles. The first kappa shape index (κ1) is 17.5. The van der Waals surface area contributed by atoms with Crippen LogP contribution in [0.25, 0.3) is 22.8 Å². The fourth-order valence-electron chi connectivity index (χ4n) is 3.23. The van der Waals surface area contributed by atoms with E-state index in [1.807, 2.05) is 30.3 Å². The molecule has 0 saturated heterocycles. The third kappa shape index (κ3) is 3.12. The third-order valence-electron chi connectivity index (χ3n) is 4.65. The number of anilines is 1. The number of ether oxygens (including phenoxy) is 1. The van der Waals surface area contributed by atoms with Gasteiger partial charge in [0.15, 0.2) is 0 Å². The van der Waals surface area contributed by atoms with Gasteiger partial charge < -0.3 is 10.1 Å². The highest BCUT2D eigenvalue weighted by Crippen LogP contribution is 2.36. The van der Waals surface area contributed by atoms with Crippen molar-refractivity contribution in [2.75, 3.05) is 12.4 Å². The van der Waals surface area contributed by atoms with E-state index in [4.69, 9.17) is 10.00 Å². The normalized spacial score (nSPS) is 13.8. The average Bonchev–Trinajstić information content (AvgIpc) is 3.02. The second-order valence-corrected chi connectivity index (χ2v) is 6.34. The largest absolute Gasteiger partial charge is 0.497 e. The molecule has 0 spiro atoms. The SMILES string of the molecule is COc1ccc(/C=C2/C(=O)Nc3cc(F)ccc32)c(-c2ccc(C#N)cc2)c1. The Hall–Kier alpha value is -3.91. The van der Waals surface area contributed by atoms with Gasteiger partial charge in [-0.15, -0.1) is 0 Å². The van der Waals surface area contributed by atoms with Crippen molar-refractivity contribution in [2.45, 2.75) is 0 Å². The van der Waals surface area contributed by atoms with Crippen LogP contribution in [-0.4, -0.2) is 13.0 Å². The molecule has 5 heteroatoms. The number of rotatable bonds is 3. The van der Waals surface area contributed by atoms with Gasteiger partial charge in [0.1, 0.15) is 11.6 Å². The number of hydrogen-bond donors (Lipinski definition) is 1. The Bertz CT molecular complexity index is 1160. The lowest BCUT2D eigenvalue weighted by atomic mass is 9.95. The highest BCUT2D eigenvalue weighted by molar-refractivity contribution is 6.35. The minimum Gasteiger partial charge on any atom is -0.497 e. The number of nitriles is 1. The van der Waals surface area contributed by atoms with Crippen LogP contribution in [0.3, 0.4) is 0 Å². The molecule has 0 radical (unpaired) electrons. The average molecular weight is 370 g/mol. The van der Waals surface area contributed by atoms with Gasteiger partial charge >= 0.3 is 0 Å². The van der Waals surface area contributed by atoms with E-state index in [0.717, 1.165) is 16.7 Å². The number of nitrogens with zero attached hydrogens (tertiary/aromatic N) is 1. The second-order valence-electron chi connectivity index (χ2n) is 6.34. The van der Waals surface area contributed by atoms with Gasteiger partial charge in [-0.2, -0.15) is 5.26 Å². The van der Waals surface area contributed by atoms with Crippen LogP contribution in [0.1, 0.15) is 16.7 Å². The smallest absolute Gasteiger partial charge is 0.256 e. The summed E-state index contributed by atoms with van der Waals surface area (Å²) in [4.78, 5) is 12.4. The molecule has 0 aromatic heterocycles. The van der Waals surface area contributed by atoms with E-state index in [1.54, 1.807) is 31.4 Å². The Labute approximate surface area is 161 Å². The molecule has 0 unspecified atom stereocenters. The lowest BCUT2D eigenvalue weighted by Gasteiger charge is -2.10. The Morgan fingerprint density at radius 3 is 2.54 bits per heavy atom. The predicted octanol–water partition coefficient (Wildman–Crippen LogP) is 4.87. The molecule has 1 heterocycles. The zero-order valence-corrected chi connectivity index (χ0v) is 15.0. The fraction of sp³-hybridized carbons (Fsp3) is 0.0435. The van der Waals surface area contributed by atoms with Gasteiger partial charge in [-0.25, -0.2) is 4.39 Å². The zero-order chi connectivity index (χ0) is 19.7. The first-order chi connectivity index (χ1) is 13.6. The first-order valence-electron chi connectivity index (χ1n) is 8.60. The van der Waals surface area contributed by atoms with Crippen molar-refractivity contribution in [3.05, 3.63) is 83.2 Å². The van der Waals surface area contributed by atoms with E-state index < -0.39 is 5.82 Å². The van der Waals surface area contributed by atoms with E-state index >= 15 is 0 Å². The lowest BCUT2D eigenvalue weighted by Crippen LogP contribution is -2.03. The van der Waals surface area contributed by atoms with Crippen LogP contribution in [0.2, 0.25) is 0 Å². The van der Waals surface area contributed by atoms with Crippen molar-refractivity contribution < 1.29 is 13.9 Å². The summed E-state index contributed by atoms with van der Waals surface area (Å²) in [7, 11) is 1.59. The summed E-state index contributed by atoms with van der Waals surface area (Å²) >= 11 is 0. The lowest BCUT2D eigenvalue weighted by molar-refractivity contribution is -0.110. The molecule has 1 amide bonds. The van der Waals surface area contributed by atoms with Crippen molar-refractivity contribution in [1.82, 2.24) is 0 Å². The highest BCUT2D eigenvalue weighted by Gasteiger charge is 2.24. The molecule has 0 saturated carbocycles. The number of methoxy groups -OCH3 is 1. The fourth-order valence-corrected chi connectivity index (χ4v) is 3.23. The summed E-state index contributed by atoms with van der Waals surface area (Å²) in [5.74, 6) is 0.00469. The second kappa shape index (κ2) is 7.01. The molecule has 0 fully saturated rings. The molecule has 0 bridgehead atoms. The summed E-state index contributed by atoms with van der Waals surface area (Å²) in [6.45, 7) is 0. The highest BCUT2D eigenvalue weighted by atomic mass is 19.1. The molecular formula is C23H15FN2O2. The van der Waals surface area contributed by atoms with Crippen LogP contribution in [0.15, 0.2) is 60.7 Å². The van der Waals surface area contributed by atoms with Gasteiger partial charge in [0.25, 0.3) is 5.91 Å². The molecule has 3 aromatic rings. The van der Waals surface area contributed by atoms with E-state index in [2.05, 4.69) is 11.4 Å². The Kier molecular flexibility index (Phi) is 4.38. The number of benzene rings is 3. The van der Waals surface area contributed by atoms with Crippen molar-refractivity contribution in [3.8, 4) is 22.9 Å². The third-order valence-corrected chi connectivity index (χ3v) is 4.65. The number of hydrogen-bond acceptors (Lipinski definition) is 3. The summed E-state index contributed by atoms with van der Waals surface area (Å²) in [5, 5.41) is 11.7. The van der Waals surface area contributed by atoms with Crippen LogP contribution < -0.4 is 10.1 Å². The van der Waals surface area contributed by atoms with Crippen LogP contribution in [-0.2, 0) is 4.79 Å². The van der Waals surface area contributed by atoms with Crippen LogP contribution >= 0.6 is 0 Å². The number of carbonyl (C=O) groups excluding carboxylic acids is 1. The Morgan fingerprint density at radius 1 is 1.04 bits per heavy atom. The van der Waals surface area contributed by atoms with Crippen LogP contribution in [0, 0.1) is 17.1 Å². The maximum absolute atomic E-state index is 13.5. The van der Waals surface area contributed by atoms with Gasteiger partial charge in [-0.1, -0.05) is 18.2 Å². The number of nitrogens with one attached hydrogen (secondary N) is 1. The van der Waals surface area contributed by atoms with Gasteiger partial charge in [0.2, 0.25) is 0 Å². The van der Waals surface area contributed by atoms with Gasteiger partial charge in [-0.3, -0.25) is 4.79 Å². The summed E-state index contributed by atoms with van der Waals surface area (Å²) in [6.07, 6.45) is 1.78. The minimum absolute atomic E-state index is 0.276. The number of carbonyl (C=O) groups is 1. The molecule has 0 aliphatic carbocycles. The summed E-state index contributed by atoms with van der Waals surface area (Å²) < 4.78 is 18.8. The van der Waals surface area contributed by atoms with Crippen molar-refractivity contribution >= 4 is 23.2 Å². The van der Waals surface area contributed by atoms with Gasteiger partial charge in [0, 0.05) is 11.1 Å². The number of halogens is 1. The van der Waals surface area contributed by atoms with E-state index in [9.17, 15) is 9.18 Å². The number of amides is 1. The molecule has 0 atom stereocenters. The maximum atomic E-state index is 13.5. The minimum atomic E-state index is -0.400. The monoisotopic (exact) mass is 370 g/mol. The van der Waals surface area contributed by atoms with Gasteiger partial charge in [-0.05, 0) is 65.2 Å². The topological polar surface area (TPSA) is 62.1 Å². The van der Waals surface area contributed by atoms with E-state index in [1.165, 1.54) is 12.1 Å². The van der Waals surface area contributed by atoms with Gasteiger partial charge in [0.05, 0.1) is 24.4 Å². The standard InChI is InChI=1S/C23H15FN2O2/c1-28-18-8-6-16(20(12-18)15-4-2-14(13-25)3-5-15)10-21-19-9-7-17(24)11-22(19)26-23(21)27/h2-12H,1H3,(H,26,27)/b21-10+. The molecule has 1 aliphatic heterocycles. The maximum Gasteiger partial charge on any atom is 0.256 e. The Balaban J connectivity index is 1.86. The molecular weight excluding hydrogens is 355 g/mol. The molecule has 1 N–H and O–H groups in total. The van der Waals surface area contributed by atoms with Crippen LogP contribution in [0.4, 0.5) is 10.1 Å². The van der Waals surface area contributed by atoms with Crippen LogP contribution in [0.5, 0.6) is 5.75 Å². The number of fused-ring (bicyclic) bond motifs is 1. The molecule has 1 aliphatic rings. The van der Waals surface area contributed by atoms with E-state index in [-0.39, 0.29) is 5.91 Å². The first-order valence-corrected chi connectivity index (χ1v) is 8.60.